The average molecular weight is 297 g/mol. The van der Waals surface area contributed by atoms with Gasteiger partial charge in [-0.2, -0.15) is 0 Å². The zero-order valence-electron chi connectivity index (χ0n) is 13.0. The van der Waals surface area contributed by atoms with Gasteiger partial charge in [-0.25, -0.2) is 4.98 Å². The smallest absolute Gasteiger partial charge is 0.151 e. The fraction of sp³-hybridized carbons (Fsp3) is 0.389. The Morgan fingerprint density at radius 2 is 1.91 bits per heavy atom. The van der Waals surface area contributed by atoms with E-state index in [0.717, 1.165) is 44.0 Å². The lowest BCUT2D eigenvalue weighted by Gasteiger charge is -2.31. The highest BCUT2D eigenvalue weighted by Crippen LogP contribution is 2.26. The molecule has 0 spiro atoms. The van der Waals surface area contributed by atoms with Crippen molar-refractivity contribution in [2.45, 2.75) is 32.4 Å². The minimum atomic E-state index is -0.163. The molecule has 0 saturated carbocycles. The topological polar surface area (TPSA) is 48.4 Å². The number of hydrogen-bond acceptors (Lipinski definition) is 4. The Hall–Kier alpha value is -2.07. The number of piperidine rings is 1. The van der Waals surface area contributed by atoms with E-state index in [2.05, 4.69) is 52.5 Å². The lowest BCUT2D eigenvalue weighted by atomic mass is 10.1. The number of nitrogens with one attached hydrogen (secondary N) is 1. The van der Waals surface area contributed by atoms with Crippen molar-refractivity contribution >= 4 is 11.5 Å². The summed E-state index contributed by atoms with van der Waals surface area (Å²) >= 11 is 0. The van der Waals surface area contributed by atoms with Crippen molar-refractivity contribution < 1.29 is 5.11 Å². The Morgan fingerprint density at radius 1 is 1.18 bits per heavy atom. The van der Waals surface area contributed by atoms with Crippen molar-refractivity contribution in [3.05, 3.63) is 53.7 Å². The molecule has 1 aromatic heterocycles. The first-order valence-corrected chi connectivity index (χ1v) is 7.90. The standard InChI is InChI=1S/C18H23N3O/c1-14-4-6-15(7-5-14)13-20-17-3-2-10-19-18(17)21-11-8-16(22)9-12-21/h2-7,10,16,20,22H,8-9,11-13H2,1H3. The van der Waals surface area contributed by atoms with E-state index in [1.807, 2.05) is 12.3 Å². The quantitative estimate of drug-likeness (QED) is 0.911. The number of anilines is 2. The SMILES string of the molecule is Cc1ccc(CNc2cccnc2N2CCC(O)CC2)cc1. The molecule has 4 heteroatoms. The first-order valence-electron chi connectivity index (χ1n) is 7.90. The predicted molar refractivity (Wildman–Crippen MR) is 90.2 cm³/mol. The average Bonchev–Trinajstić information content (AvgIpc) is 2.55. The molecular weight excluding hydrogens is 274 g/mol. The number of benzene rings is 1. The summed E-state index contributed by atoms with van der Waals surface area (Å²) < 4.78 is 0. The number of hydrogen-bond donors (Lipinski definition) is 2. The summed E-state index contributed by atoms with van der Waals surface area (Å²) in [6.45, 7) is 4.60. The van der Waals surface area contributed by atoms with Gasteiger partial charge >= 0.3 is 0 Å². The third kappa shape index (κ3) is 3.57. The molecule has 0 aliphatic carbocycles. The highest BCUT2D eigenvalue weighted by molar-refractivity contribution is 5.65. The second-order valence-corrected chi connectivity index (χ2v) is 5.93. The third-order valence-electron chi connectivity index (χ3n) is 4.15. The van der Waals surface area contributed by atoms with Gasteiger partial charge in [-0.1, -0.05) is 29.8 Å². The highest BCUT2D eigenvalue weighted by Gasteiger charge is 2.20. The summed E-state index contributed by atoms with van der Waals surface area (Å²) in [5.41, 5.74) is 3.59. The van der Waals surface area contributed by atoms with Crippen LogP contribution in [0.1, 0.15) is 24.0 Å². The van der Waals surface area contributed by atoms with Gasteiger partial charge in [0.1, 0.15) is 0 Å². The number of aliphatic hydroxyl groups excluding tert-OH is 1. The van der Waals surface area contributed by atoms with E-state index in [1.165, 1.54) is 11.1 Å². The third-order valence-corrected chi connectivity index (χ3v) is 4.15. The van der Waals surface area contributed by atoms with Crippen LogP contribution in [0.15, 0.2) is 42.6 Å². The lowest BCUT2D eigenvalue weighted by molar-refractivity contribution is 0.145. The molecule has 3 rings (SSSR count). The summed E-state index contributed by atoms with van der Waals surface area (Å²) in [6, 6.07) is 12.6. The van der Waals surface area contributed by atoms with Crippen LogP contribution in [0.3, 0.4) is 0 Å². The van der Waals surface area contributed by atoms with Crippen molar-refractivity contribution in [2.24, 2.45) is 0 Å². The highest BCUT2D eigenvalue weighted by atomic mass is 16.3. The van der Waals surface area contributed by atoms with Crippen LogP contribution in [0, 0.1) is 6.92 Å². The van der Waals surface area contributed by atoms with Gasteiger partial charge < -0.3 is 15.3 Å². The second-order valence-electron chi connectivity index (χ2n) is 5.93. The number of rotatable bonds is 4. The molecule has 0 unspecified atom stereocenters. The molecule has 22 heavy (non-hydrogen) atoms. The molecule has 0 atom stereocenters. The molecule has 2 N–H and O–H groups in total. The minimum Gasteiger partial charge on any atom is -0.393 e. The van der Waals surface area contributed by atoms with Crippen LogP contribution in [0.2, 0.25) is 0 Å². The monoisotopic (exact) mass is 297 g/mol. The van der Waals surface area contributed by atoms with Crippen molar-refractivity contribution in [3.8, 4) is 0 Å². The number of nitrogens with zero attached hydrogens (tertiary/aromatic N) is 2. The molecule has 1 aliphatic rings. The Kier molecular flexibility index (Phi) is 4.59. The zero-order chi connectivity index (χ0) is 15.4. The second kappa shape index (κ2) is 6.79. The molecule has 1 aromatic carbocycles. The summed E-state index contributed by atoms with van der Waals surface area (Å²) in [4.78, 5) is 6.79. The maximum atomic E-state index is 9.65. The number of pyridine rings is 1. The van der Waals surface area contributed by atoms with Crippen LogP contribution in [0.4, 0.5) is 11.5 Å². The van der Waals surface area contributed by atoms with Gasteiger partial charge in [-0.3, -0.25) is 0 Å². The van der Waals surface area contributed by atoms with Crippen molar-refractivity contribution in [1.82, 2.24) is 4.98 Å². The van der Waals surface area contributed by atoms with Gasteiger partial charge in [0.2, 0.25) is 0 Å². The van der Waals surface area contributed by atoms with E-state index in [1.54, 1.807) is 0 Å². The molecule has 1 fully saturated rings. The minimum absolute atomic E-state index is 0.163. The summed E-state index contributed by atoms with van der Waals surface area (Å²) in [5, 5.41) is 13.1. The van der Waals surface area contributed by atoms with Gasteiger partial charge in [0.05, 0.1) is 11.8 Å². The normalized spacial score (nSPS) is 15.8. The Labute approximate surface area is 131 Å². The van der Waals surface area contributed by atoms with Crippen LogP contribution in [0.25, 0.3) is 0 Å². The van der Waals surface area contributed by atoms with Gasteiger partial charge in [0.25, 0.3) is 0 Å². The Balaban J connectivity index is 1.69. The molecular formula is C18H23N3O. The molecule has 1 aliphatic heterocycles. The Morgan fingerprint density at radius 3 is 2.64 bits per heavy atom. The molecule has 0 bridgehead atoms. The van der Waals surface area contributed by atoms with E-state index >= 15 is 0 Å². The van der Waals surface area contributed by atoms with Crippen LogP contribution in [-0.4, -0.2) is 29.3 Å². The summed E-state index contributed by atoms with van der Waals surface area (Å²) in [5.74, 6) is 0.988. The lowest BCUT2D eigenvalue weighted by Crippen LogP contribution is -2.36. The predicted octanol–water partition coefficient (Wildman–Crippen LogP) is 2.96. The first-order chi connectivity index (χ1) is 10.7. The molecule has 2 heterocycles. The first kappa shape index (κ1) is 14.9. The van der Waals surface area contributed by atoms with Crippen LogP contribution < -0.4 is 10.2 Å². The fourth-order valence-corrected chi connectivity index (χ4v) is 2.77. The molecule has 116 valence electrons. The maximum Gasteiger partial charge on any atom is 0.151 e. The number of aromatic nitrogens is 1. The largest absolute Gasteiger partial charge is 0.393 e. The molecule has 0 radical (unpaired) electrons. The number of aryl methyl sites for hydroxylation is 1. The van der Waals surface area contributed by atoms with E-state index in [4.69, 9.17) is 0 Å². The van der Waals surface area contributed by atoms with E-state index < -0.39 is 0 Å². The summed E-state index contributed by atoms with van der Waals surface area (Å²) in [7, 11) is 0. The molecule has 2 aromatic rings. The fourth-order valence-electron chi connectivity index (χ4n) is 2.77. The van der Waals surface area contributed by atoms with Gasteiger partial charge in [-0.05, 0) is 37.5 Å². The van der Waals surface area contributed by atoms with Crippen LogP contribution in [-0.2, 0) is 6.54 Å². The zero-order valence-corrected chi connectivity index (χ0v) is 13.0. The number of aliphatic hydroxyl groups is 1. The van der Waals surface area contributed by atoms with Gasteiger partial charge in [-0.15, -0.1) is 0 Å². The van der Waals surface area contributed by atoms with Crippen LogP contribution >= 0.6 is 0 Å². The van der Waals surface area contributed by atoms with Crippen molar-refractivity contribution in [1.29, 1.82) is 0 Å². The molecule has 4 nitrogen and oxygen atoms in total. The van der Waals surface area contributed by atoms with Crippen LogP contribution in [0.5, 0.6) is 0 Å². The molecule has 0 amide bonds. The Bertz CT molecular complexity index is 604. The molecule has 1 saturated heterocycles. The van der Waals surface area contributed by atoms with E-state index in [0.29, 0.717) is 0 Å². The maximum absolute atomic E-state index is 9.65. The van der Waals surface area contributed by atoms with E-state index in [-0.39, 0.29) is 6.10 Å². The van der Waals surface area contributed by atoms with Gasteiger partial charge in [0, 0.05) is 25.8 Å². The van der Waals surface area contributed by atoms with Gasteiger partial charge in [0.15, 0.2) is 5.82 Å². The van der Waals surface area contributed by atoms with Crippen molar-refractivity contribution in [2.75, 3.05) is 23.3 Å². The van der Waals surface area contributed by atoms with E-state index in [9.17, 15) is 5.11 Å². The van der Waals surface area contributed by atoms with Crippen molar-refractivity contribution in [3.63, 3.8) is 0 Å². The summed E-state index contributed by atoms with van der Waals surface area (Å²) in [6.07, 6.45) is 3.29.